The summed E-state index contributed by atoms with van der Waals surface area (Å²) in [7, 11) is 3.23. The summed E-state index contributed by atoms with van der Waals surface area (Å²) < 4.78 is 22.4. The number of amides is 1. The first kappa shape index (κ1) is 23.8. The van der Waals surface area contributed by atoms with E-state index < -0.39 is 0 Å². The molecule has 0 saturated carbocycles. The maximum absolute atomic E-state index is 12.6. The molecule has 3 aromatic rings. The molecule has 0 spiro atoms. The molecule has 34 heavy (non-hydrogen) atoms. The van der Waals surface area contributed by atoms with Gasteiger partial charge in [-0.25, -0.2) is 0 Å². The quantitative estimate of drug-likeness (QED) is 0.427. The van der Waals surface area contributed by atoms with Gasteiger partial charge in [-0.1, -0.05) is 24.6 Å². The molecule has 6 nitrogen and oxygen atoms in total. The molecule has 0 fully saturated rings. The Bertz CT molecular complexity index is 1160. The summed E-state index contributed by atoms with van der Waals surface area (Å²) >= 11 is 6.44. The number of hydrogen-bond donors (Lipinski definition) is 1. The predicted octanol–water partition coefficient (Wildman–Crippen LogP) is 6.01. The van der Waals surface area contributed by atoms with Crippen molar-refractivity contribution in [1.82, 2.24) is 5.32 Å². The van der Waals surface area contributed by atoms with E-state index in [-0.39, 0.29) is 5.91 Å². The number of ether oxygens (including phenoxy) is 4. The number of fused-ring (bicyclic) bond motifs is 1. The molecule has 0 aromatic heterocycles. The third-order valence-corrected chi connectivity index (χ3v) is 6.22. The number of halogens is 1. The lowest BCUT2D eigenvalue weighted by Crippen LogP contribution is -2.25. The minimum Gasteiger partial charge on any atom is -0.497 e. The molecule has 0 radical (unpaired) electrons. The van der Waals surface area contributed by atoms with Crippen molar-refractivity contribution in [3.8, 4) is 28.7 Å². The fourth-order valence-corrected chi connectivity index (χ4v) is 4.12. The molecule has 178 valence electrons. The van der Waals surface area contributed by atoms with Crippen LogP contribution in [0.3, 0.4) is 0 Å². The fourth-order valence-electron chi connectivity index (χ4n) is 3.91. The second kappa shape index (κ2) is 10.7. The summed E-state index contributed by atoms with van der Waals surface area (Å²) in [5, 5.41) is 3.47. The van der Waals surface area contributed by atoms with Crippen molar-refractivity contribution in [1.29, 1.82) is 0 Å². The zero-order valence-corrected chi connectivity index (χ0v) is 20.3. The number of hydrogen-bond acceptors (Lipinski definition) is 5. The molecule has 0 bridgehead atoms. The van der Waals surface area contributed by atoms with Gasteiger partial charge in [0.1, 0.15) is 28.7 Å². The Kier molecular flexibility index (Phi) is 7.48. The van der Waals surface area contributed by atoms with Gasteiger partial charge >= 0.3 is 0 Å². The van der Waals surface area contributed by atoms with Gasteiger partial charge in [-0.3, -0.25) is 4.79 Å². The van der Waals surface area contributed by atoms with E-state index in [2.05, 4.69) is 12.2 Å². The third kappa shape index (κ3) is 5.39. The monoisotopic (exact) mass is 481 g/mol. The molecular weight excluding hydrogens is 454 g/mol. The highest BCUT2D eigenvalue weighted by atomic mass is 35.5. The molecule has 3 aromatic carbocycles. The van der Waals surface area contributed by atoms with E-state index in [1.54, 1.807) is 38.5 Å². The van der Waals surface area contributed by atoms with Gasteiger partial charge in [0, 0.05) is 24.2 Å². The van der Waals surface area contributed by atoms with Crippen molar-refractivity contribution in [2.24, 2.45) is 0 Å². The highest BCUT2D eigenvalue weighted by Gasteiger charge is 2.20. The maximum atomic E-state index is 12.6. The minimum atomic E-state index is -0.159. The maximum Gasteiger partial charge on any atom is 0.251 e. The lowest BCUT2D eigenvalue weighted by Gasteiger charge is -2.24. The zero-order valence-electron chi connectivity index (χ0n) is 19.5. The van der Waals surface area contributed by atoms with Gasteiger partial charge in [0.2, 0.25) is 0 Å². The molecule has 4 rings (SSSR count). The summed E-state index contributed by atoms with van der Waals surface area (Å²) in [6.45, 7) is 3.32. The van der Waals surface area contributed by atoms with Gasteiger partial charge in [0.15, 0.2) is 0 Å². The molecule has 1 aliphatic heterocycles. The van der Waals surface area contributed by atoms with Gasteiger partial charge in [-0.2, -0.15) is 0 Å². The lowest BCUT2D eigenvalue weighted by atomic mass is 9.95. The number of carbonyl (C=O) groups excluding carboxylic acids is 1. The molecule has 1 amide bonds. The lowest BCUT2D eigenvalue weighted by molar-refractivity contribution is 0.0954. The number of nitrogens with one attached hydrogen (secondary N) is 1. The molecular formula is C27H28ClNO5. The third-order valence-electron chi connectivity index (χ3n) is 5.92. The summed E-state index contributed by atoms with van der Waals surface area (Å²) in [4.78, 5) is 12.6. The molecule has 1 N–H and O–H groups in total. The molecule has 1 aliphatic rings. The predicted molar refractivity (Wildman–Crippen MR) is 132 cm³/mol. The Hall–Kier alpha value is -3.38. The summed E-state index contributed by atoms with van der Waals surface area (Å²) in [6, 6.07) is 16.3. The first-order valence-electron chi connectivity index (χ1n) is 11.2. The number of benzene rings is 3. The van der Waals surface area contributed by atoms with Gasteiger partial charge in [0.05, 0.1) is 25.8 Å². The Morgan fingerprint density at radius 3 is 2.53 bits per heavy atom. The molecule has 0 saturated heterocycles. The van der Waals surface area contributed by atoms with Gasteiger partial charge in [-0.05, 0) is 66.3 Å². The molecule has 1 atom stereocenters. The summed E-state index contributed by atoms with van der Waals surface area (Å²) in [5.41, 5.74) is 2.64. The van der Waals surface area contributed by atoms with Crippen LogP contribution in [0, 0.1) is 0 Å². The van der Waals surface area contributed by atoms with Crippen LogP contribution in [0.5, 0.6) is 28.7 Å². The van der Waals surface area contributed by atoms with Crippen LogP contribution < -0.4 is 24.3 Å². The number of methoxy groups -OCH3 is 2. The van der Waals surface area contributed by atoms with Crippen LogP contribution in [-0.2, 0) is 6.42 Å². The normalized spacial score (nSPS) is 14.5. The topological polar surface area (TPSA) is 66.0 Å². The highest BCUT2D eigenvalue weighted by Crippen LogP contribution is 2.41. The van der Waals surface area contributed by atoms with Crippen molar-refractivity contribution >= 4 is 17.5 Å². The van der Waals surface area contributed by atoms with Crippen LogP contribution in [0.4, 0.5) is 0 Å². The van der Waals surface area contributed by atoms with Crippen LogP contribution in [0.1, 0.15) is 40.7 Å². The van der Waals surface area contributed by atoms with E-state index in [1.165, 1.54) is 0 Å². The summed E-state index contributed by atoms with van der Waals surface area (Å²) in [6.07, 6.45) is 1.61. The van der Waals surface area contributed by atoms with Crippen LogP contribution in [0.25, 0.3) is 0 Å². The van der Waals surface area contributed by atoms with E-state index in [0.29, 0.717) is 47.6 Å². The summed E-state index contributed by atoms with van der Waals surface area (Å²) in [5.74, 6) is 3.63. The first-order chi connectivity index (χ1) is 16.5. The number of rotatable bonds is 8. The first-order valence-corrected chi connectivity index (χ1v) is 11.6. The zero-order chi connectivity index (χ0) is 24.1. The molecule has 0 aliphatic carbocycles. The van der Waals surface area contributed by atoms with E-state index in [4.69, 9.17) is 30.5 Å². The standard InChI is InChI=1S/C27H28ClNO5/c1-17-11-13-33-25-16-26(23(28)15-22(17)25)34-20-7-5-19(6-8-20)27(30)29-12-10-18-4-9-21(31-2)14-24(18)32-3/h4-9,14-17H,10-13H2,1-3H3,(H,29,30). The van der Waals surface area contributed by atoms with Crippen molar-refractivity contribution < 1.29 is 23.7 Å². The second-order valence-electron chi connectivity index (χ2n) is 8.17. The average Bonchev–Trinajstić information content (AvgIpc) is 2.85. The van der Waals surface area contributed by atoms with E-state index in [0.717, 1.165) is 34.8 Å². The average molecular weight is 482 g/mol. The fraction of sp³-hybridized carbons (Fsp3) is 0.296. The van der Waals surface area contributed by atoms with E-state index in [9.17, 15) is 4.79 Å². The Balaban J connectivity index is 1.35. The van der Waals surface area contributed by atoms with Crippen molar-refractivity contribution in [2.45, 2.75) is 25.7 Å². The van der Waals surface area contributed by atoms with Crippen LogP contribution >= 0.6 is 11.6 Å². The van der Waals surface area contributed by atoms with Gasteiger partial charge in [0.25, 0.3) is 5.91 Å². The Labute approximate surface area is 204 Å². The molecule has 7 heteroatoms. The van der Waals surface area contributed by atoms with Gasteiger partial charge in [-0.15, -0.1) is 0 Å². The minimum absolute atomic E-state index is 0.159. The van der Waals surface area contributed by atoms with Crippen LogP contribution in [0.2, 0.25) is 5.02 Å². The second-order valence-corrected chi connectivity index (χ2v) is 8.58. The molecule has 1 unspecified atom stereocenters. The number of carbonyl (C=O) groups is 1. The Morgan fingerprint density at radius 2 is 1.79 bits per heavy atom. The largest absolute Gasteiger partial charge is 0.497 e. The van der Waals surface area contributed by atoms with Crippen molar-refractivity contribution in [2.75, 3.05) is 27.4 Å². The van der Waals surface area contributed by atoms with E-state index >= 15 is 0 Å². The van der Waals surface area contributed by atoms with E-state index in [1.807, 2.05) is 30.3 Å². The SMILES string of the molecule is COc1ccc(CCNC(=O)c2ccc(Oc3cc4c(cc3Cl)C(C)CCO4)cc2)c(OC)c1. The van der Waals surface area contributed by atoms with Gasteiger partial charge < -0.3 is 24.3 Å². The van der Waals surface area contributed by atoms with Crippen LogP contribution in [0.15, 0.2) is 54.6 Å². The van der Waals surface area contributed by atoms with Crippen LogP contribution in [-0.4, -0.2) is 33.3 Å². The molecule has 1 heterocycles. The smallest absolute Gasteiger partial charge is 0.251 e. The Morgan fingerprint density at radius 1 is 1.03 bits per heavy atom. The highest BCUT2D eigenvalue weighted by molar-refractivity contribution is 6.32. The van der Waals surface area contributed by atoms with Crippen molar-refractivity contribution in [3.63, 3.8) is 0 Å². The van der Waals surface area contributed by atoms with Crippen molar-refractivity contribution in [3.05, 3.63) is 76.3 Å².